The molecule has 174 valence electrons. The predicted octanol–water partition coefficient (Wildman–Crippen LogP) is 7.76. The van der Waals surface area contributed by atoms with Crippen molar-refractivity contribution in [2.24, 2.45) is 0 Å². The average molecular weight is 415 g/mol. The van der Waals surface area contributed by atoms with E-state index in [9.17, 15) is 0 Å². The minimum Gasteiger partial charge on any atom is -0.476 e. The molecule has 0 N–H and O–H groups in total. The quantitative estimate of drug-likeness (QED) is 0.0918. The second-order valence-electron chi connectivity index (χ2n) is 7.94. The van der Waals surface area contributed by atoms with Crippen molar-refractivity contribution >= 4 is 0 Å². The third kappa shape index (κ3) is 23.6. The number of hydrogen-bond acceptors (Lipinski definition) is 4. The van der Waals surface area contributed by atoms with Crippen LogP contribution in [0.25, 0.3) is 0 Å². The van der Waals surface area contributed by atoms with E-state index in [1.807, 2.05) is 0 Å². The lowest BCUT2D eigenvalue weighted by atomic mass is 10.1. The Labute approximate surface area is 181 Å². The largest absolute Gasteiger partial charge is 0.476 e. The molecule has 4 heteroatoms. The highest BCUT2D eigenvalue weighted by Gasteiger charge is 2.09. The standard InChI is InChI=1S/C25H50O4/c1-4-6-8-18-22-28-25(29-23-19-9-7-5-2)20-16-14-12-10-11-13-15-17-21-27-24-26-3/h17,21,25H,4-16,18-20,22-24H2,1-3H3. The molecule has 0 fully saturated rings. The average Bonchev–Trinajstić information content (AvgIpc) is 2.73. The Morgan fingerprint density at radius 2 is 1.21 bits per heavy atom. The summed E-state index contributed by atoms with van der Waals surface area (Å²) >= 11 is 0. The van der Waals surface area contributed by atoms with Gasteiger partial charge in [-0.25, -0.2) is 0 Å². The summed E-state index contributed by atoms with van der Waals surface area (Å²) in [7, 11) is 1.63. The van der Waals surface area contributed by atoms with Crippen LogP contribution < -0.4 is 0 Å². The molecule has 0 aliphatic heterocycles. The molecule has 0 aliphatic carbocycles. The van der Waals surface area contributed by atoms with Crippen LogP contribution in [0.15, 0.2) is 12.3 Å². The van der Waals surface area contributed by atoms with E-state index in [0.29, 0.717) is 6.79 Å². The topological polar surface area (TPSA) is 36.9 Å². The zero-order valence-electron chi connectivity index (χ0n) is 19.8. The van der Waals surface area contributed by atoms with E-state index >= 15 is 0 Å². The van der Waals surface area contributed by atoms with E-state index in [2.05, 4.69) is 19.9 Å². The van der Waals surface area contributed by atoms with Gasteiger partial charge in [-0.05, 0) is 44.6 Å². The van der Waals surface area contributed by atoms with Crippen LogP contribution in [0.2, 0.25) is 0 Å². The molecule has 29 heavy (non-hydrogen) atoms. The van der Waals surface area contributed by atoms with Crippen molar-refractivity contribution in [3.05, 3.63) is 12.3 Å². The monoisotopic (exact) mass is 414 g/mol. The summed E-state index contributed by atoms with van der Waals surface area (Å²) in [4.78, 5) is 0. The molecule has 0 unspecified atom stereocenters. The smallest absolute Gasteiger partial charge is 0.187 e. The Balaban J connectivity index is 3.69. The Morgan fingerprint density at radius 3 is 1.79 bits per heavy atom. The SMILES string of the molecule is CCCCCCOC(CCCCCCCCC=COCOC)OCCCCCC. The van der Waals surface area contributed by atoms with Crippen LogP contribution in [-0.2, 0) is 18.9 Å². The number of unbranched alkanes of at least 4 members (excludes halogenated alkanes) is 12. The van der Waals surface area contributed by atoms with Gasteiger partial charge in [-0.1, -0.05) is 78.1 Å². The fourth-order valence-corrected chi connectivity index (χ4v) is 3.23. The molecule has 0 aliphatic rings. The Morgan fingerprint density at radius 1 is 0.655 bits per heavy atom. The second-order valence-corrected chi connectivity index (χ2v) is 7.94. The third-order valence-corrected chi connectivity index (χ3v) is 5.04. The van der Waals surface area contributed by atoms with Gasteiger partial charge in [0.15, 0.2) is 13.1 Å². The number of methoxy groups -OCH3 is 1. The van der Waals surface area contributed by atoms with Crippen LogP contribution in [-0.4, -0.2) is 33.4 Å². The summed E-state index contributed by atoms with van der Waals surface area (Å²) in [6.45, 7) is 6.53. The van der Waals surface area contributed by atoms with Crippen molar-refractivity contribution in [1.82, 2.24) is 0 Å². The maximum Gasteiger partial charge on any atom is 0.187 e. The van der Waals surface area contributed by atoms with Crippen LogP contribution in [0.1, 0.15) is 117 Å². The molecule has 0 radical (unpaired) electrons. The van der Waals surface area contributed by atoms with Gasteiger partial charge in [0.05, 0.1) is 6.26 Å². The third-order valence-electron chi connectivity index (χ3n) is 5.04. The normalized spacial score (nSPS) is 11.7. The fourth-order valence-electron chi connectivity index (χ4n) is 3.23. The van der Waals surface area contributed by atoms with Crippen LogP contribution in [0.3, 0.4) is 0 Å². The van der Waals surface area contributed by atoms with E-state index in [1.54, 1.807) is 13.4 Å². The molecule has 0 aromatic carbocycles. The van der Waals surface area contributed by atoms with E-state index in [4.69, 9.17) is 18.9 Å². The van der Waals surface area contributed by atoms with Crippen LogP contribution in [0.5, 0.6) is 0 Å². The molecule has 0 amide bonds. The van der Waals surface area contributed by atoms with Crippen LogP contribution >= 0.6 is 0 Å². The van der Waals surface area contributed by atoms with Gasteiger partial charge in [-0.3, -0.25) is 0 Å². The minimum absolute atomic E-state index is 0.00971. The molecular weight excluding hydrogens is 364 g/mol. The minimum atomic E-state index is 0.00971. The Hall–Kier alpha value is -0.580. The zero-order valence-corrected chi connectivity index (χ0v) is 19.8. The molecule has 0 aromatic rings. The second kappa shape index (κ2) is 25.5. The van der Waals surface area contributed by atoms with E-state index in [-0.39, 0.29) is 6.29 Å². The molecule has 4 nitrogen and oxygen atoms in total. The van der Waals surface area contributed by atoms with Gasteiger partial charge in [-0.2, -0.15) is 0 Å². The molecule has 0 atom stereocenters. The summed E-state index contributed by atoms with van der Waals surface area (Å²) in [5, 5.41) is 0. The molecule has 0 aromatic heterocycles. The summed E-state index contributed by atoms with van der Waals surface area (Å²) in [5.41, 5.74) is 0. The van der Waals surface area contributed by atoms with Crippen molar-refractivity contribution in [3.63, 3.8) is 0 Å². The summed E-state index contributed by atoms with van der Waals surface area (Å²) < 4.78 is 22.0. The lowest BCUT2D eigenvalue weighted by Gasteiger charge is -2.19. The molecule has 0 bridgehead atoms. The van der Waals surface area contributed by atoms with Gasteiger partial charge < -0.3 is 18.9 Å². The maximum atomic E-state index is 6.04. The number of hydrogen-bond donors (Lipinski definition) is 0. The highest BCUT2D eigenvalue weighted by Crippen LogP contribution is 2.14. The van der Waals surface area contributed by atoms with Gasteiger partial charge in [-0.15, -0.1) is 0 Å². The zero-order chi connectivity index (χ0) is 21.3. The number of allylic oxidation sites excluding steroid dienone is 1. The molecule has 0 spiro atoms. The fraction of sp³-hybridized carbons (Fsp3) is 0.920. The van der Waals surface area contributed by atoms with Gasteiger partial charge in [0.25, 0.3) is 0 Å². The van der Waals surface area contributed by atoms with E-state index < -0.39 is 0 Å². The first-order chi connectivity index (χ1) is 14.3. The highest BCUT2D eigenvalue weighted by molar-refractivity contribution is 4.72. The van der Waals surface area contributed by atoms with Gasteiger partial charge in [0.1, 0.15) is 0 Å². The summed E-state index contributed by atoms with van der Waals surface area (Å²) in [6, 6.07) is 0. The summed E-state index contributed by atoms with van der Waals surface area (Å²) in [5.74, 6) is 0. The first-order valence-electron chi connectivity index (χ1n) is 12.3. The van der Waals surface area contributed by atoms with Gasteiger partial charge in [0.2, 0.25) is 0 Å². The van der Waals surface area contributed by atoms with Crippen LogP contribution in [0.4, 0.5) is 0 Å². The molecule has 0 saturated heterocycles. The Kier molecular flexibility index (Phi) is 24.9. The highest BCUT2D eigenvalue weighted by atomic mass is 16.7. The first kappa shape index (κ1) is 28.4. The molecule has 0 rings (SSSR count). The Bertz CT molecular complexity index is 306. The van der Waals surface area contributed by atoms with Crippen LogP contribution in [0, 0.1) is 0 Å². The van der Waals surface area contributed by atoms with Crippen molar-refractivity contribution < 1.29 is 18.9 Å². The number of rotatable bonds is 24. The van der Waals surface area contributed by atoms with Gasteiger partial charge >= 0.3 is 0 Å². The van der Waals surface area contributed by atoms with E-state index in [1.165, 1.54) is 77.0 Å². The molecule has 0 saturated carbocycles. The van der Waals surface area contributed by atoms with Crippen molar-refractivity contribution in [2.75, 3.05) is 27.1 Å². The molecular formula is C25H50O4. The molecule has 0 heterocycles. The van der Waals surface area contributed by atoms with E-state index in [0.717, 1.165) is 38.9 Å². The van der Waals surface area contributed by atoms with Crippen molar-refractivity contribution in [3.8, 4) is 0 Å². The first-order valence-corrected chi connectivity index (χ1v) is 12.3. The summed E-state index contributed by atoms with van der Waals surface area (Å²) in [6.07, 6.45) is 23.6. The van der Waals surface area contributed by atoms with Crippen molar-refractivity contribution in [1.29, 1.82) is 0 Å². The maximum absolute atomic E-state index is 6.04. The lowest BCUT2D eigenvalue weighted by molar-refractivity contribution is -0.148. The lowest BCUT2D eigenvalue weighted by Crippen LogP contribution is -2.19. The number of ether oxygens (including phenoxy) is 4. The van der Waals surface area contributed by atoms with Crippen molar-refractivity contribution in [2.45, 2.75) is 123 Å². The predicted molar refractivity (Wildman–Crippen MR) is 123 cm³/mol. The van der Waals surface area contributed by atoms with Gasteiger partial charge in [0, 0.05) is 20.3 Å².